The average molecular weight is 158 g/mol. The summed E-state index contributed by atoms with van der Waals surface area (Å²) < 4.78 is 0. The molecule has 0 aromatic carbocycles. The van der Waals surface area contributed by atoms with E-state index in [1.54, 1.807) is 6.92 Å². The van der Waals surface area contributed by atoms with Crippen molar-refractivity contribution >= 4 is 11.8 Å². The smallest absolute Gasteiger partial charge is 0.372 e. The van der Waals surface area contributed by atoms with Crippen molar-refractivity contribution in [2.75, 3.05) is 0 Å². The van der Waals surface area contributed by atoms with E-state index in [9.17, 15) is 9.59 Å². The van der Waals surface area contributed by atoms with Crippen LogP contribution in [0.4, 0.5) is 0 Å². The van der Waals surface area contributed by atoms with Crippen molar-refractivity contribution in [1.29, 1.82) is 0 Å². The predicted molar refractivity (Wildman–Crippen MR) is 41.3 cm³/mol. The van der Waals surface area contributed by atoms with E-state index in [-0.39, 0.29) is 5.92 Å². The number of carboxylic acid groups (broad SMARTS) is 1. The van der Waals surface area contributed by atoms with Crippen molar-refractivity contribution < 1.29 is 14.7 Å². The molecule has 11 heavy (non-hydrogen) atoms. The molecule has 0 aliphatic carbocycles. The third-order valence-corrected chi connectivity index (χ3v) is 1.65. The molecule has 0 rings (SSSR count). The summed E-state index contributed by atoms with van der Waals surface area (Å²) in [5, 5.41) is 8.30. The second-order valence-electron chi connectivity index (χ2n) is 2.71. The number of Topliss-reactive ketones (excluding diaryl/α,β-unsaturated/α-hetero) is 1. The number of rotatable bonds is 5. The van der Waals surface area contributed by atoms with Crippen molar-refractivity contribution in [1.82, 2.24) is 0 Å². The Morgan fingerprint density at radius 2 is 2.00 bits per heavy atom. The molecule has 0 aromatic heterocycles. The number of aliphatic carboxylic acids is 1. The Morgan fingerprint density at radius 1 is 1.45 bits per heavy atom. The lowest BCUT2D eigenvalue weighted by Gasteiger charge is -2.04. The number of hydrogen-bond acceptors (Lipinski definition) is 2. The fourth-order valence-electron chi connectivity index (χ4n) is 0.852. The van der Waals surface area contributed by atoms with E-state index in [1.807, 2.05) is 6.92 Å². The van der Waals surface area contributed by atoms with Crippen molar-refractivity contribution in [2.45, 2.75) is 33.1 Å². The van der Waals surface area contributed by atoms with Gasteiger partial charge in [-0.3, -0.25) is 4.79 Å². The summed E-state index contributed by atoms with van der Waals surface area (Å²) in [6.45, 7) is 3.67. The molecule has 0 aromatic rings. The van der Waals surface area contributed by atoms with E-state index in [1.165, 1.54) is 0 Å². The van der Waals surface area contributed by atoms with E-state index in [2.05, 4.69) is 0 Å². The van der Waals surface area contributed by atoms with Crippen LogP contribution >= 0.6 is 0 Å². The SMILES string of the molecule is CCCC[C@@H](C)C(=O)C(=O)O. The molecular formula is C8H14O3. The molecule has 0 unspecified atom stereocenters. The lowest BCUT2D eigenvalue weighted by atomic mass is 10.00. The maximum atomic E-state index is 10.7. The van der Waals surface area contributed by atoms with E-state index in [0.717, 1.165) is 12.8 Å². The standard InChI is InChI=1S/C8H14O3/c1-3-4-5-6(2)7(9)8(10)11/h6H,3-5H2,1-2H3,(H,10,11)/t6-/m1/s1. The Balaban J connectivity index is 3.73. The van der Waals surface area contributed by atoms with E-state index in [0.29, 0.717) is 6.42 Å². The molecule has 3 nitrogen and oxygen atoms in total. The first-order chi connectivity index (χ1) is 5.09. The number of carbonyl (C=O) groups excluding carboxylic acids is 1. The summed E-state index contributed by atoms with van der Waals surface area (Å²) >= 11 is 0. The molecule has 3 heteroatoms. The van der Waals surface area contributed by atoms with Crippen LogP contribution in [0.1, 0.15) is 33.1 Å². The van der Waals surface area contributed by atoms with Crippen LogP contribution in [0.25, 0.3) is 0 Å². The molecule has 0 saturated heterocycles. The fourth-order valence-corrected chi connectivity index (χ4v) is 0.852. The van der Waals surface area contributed by atoms with Crippen LogP contribution < -0.4 is 0 Å². The van der Waals surface area contributed by atoms with Gasteiger partial charge in [-0.2, -0.15) is 0 Å². The first-order valence-corrected chi connectivity index (χ1v) is 3.86. The Kier molecular flexibility index (Phi) is 4.50. The van der Waals surface area contributed by atoms with Gasteiger partial charge in [0.15, 0.2) is 0 Å². The zero-order valence-corrected chi connectivity index (χ0v) is 6.96. The molecular weight excluding hydrogens is 144 g/mol. The first kappa shape index (κ1) is 10.1. The highest BCUT2D eigenvalue weighted by atomic mass is 16.4. The number of carboxylic acids is 1. The van der Waals surface area contributed by atoms with Gasteiger partial charge in [0.1, 0.15) is 0 Å². The summed E-state index contributed by atoms with van der Waals surface area (Å²) in [6, 6.07) is 0. The molecule has 0 aliphatic rings. The van der Waals surface area contributed by atoms with Gasteiger partial charge in [-0.05, 0) is 6.42 Å². The van der Waals surface area contributed by atoms with Gasteiger partial charge in [0.25, 0.3) is 0 Å². The maximum absolute atomic E-state index is 10.7. The fraction of sp³-hybridized carbons (Fsp3) is 0.750. The lowest BCUT2D eigenvalue weighted by Crippen LogP contribution is -2.20. The summed E-state index contributed by atoms with van der Waals surface area (Å²) in [7, 11) is 0. The molecule has 0 spiro atoms. The molecule has 0 radical (unpaired) electrons. The van der Waals surface area contributed by atoms with Crippen LogP contribution in [0.3, 0.4) is 0 Å². The second-order valence-corrected chi connectivity index (χ2v) is 2.71. The molecule has 1 atom stereocenters. The van der Waals surface area contributed by atoms with Crippen LogP contribution in [-0.2, 0) is 9.59 Å². The van der Waals surface area contributed by atoms with Gasteiger partial charge in [0, 0.05) is 5.92 Å². The predicted octanol–water partition coefficient (Wildman–Crippen LogP) is 1.47. The monoisotopic (exact) mass is 158 g/mol. The molecule has 64 valence electrons. The van der Waals surface area contributed by atoms with Crippen molar-refractivity contribution in [2.24, 2.45) is 5.92 Å². The van der Waals surface area contributed by atoms with Crippen LogP contribution in [0.15, 0.2) is 0 Å². The second kappa shape index (κ2) is 4.88. The number of hydrogen-bond donors (Lipinski definition) is 1. The van der Waals surface area contributed by atoms with E-state index < -0.39 is 11.8 Å². The van der Waals surface area contributed by atoms with Gasteiger partial charge < -0.3 is 5.11 Å². The Bertz CT molecular complexity index is 151. The third-order valence-electron chi connectivity index (χ3n) is 1.65. The van der Waals surface area contributed by atoms with Crippen LogP contribution in [0.2, 0.25) is 0 Å². The highest BCUT2D eigenvalue weighted by Gasteiger charge is 2.18. The minimum absolute atomic E-state index is 0.326. The van der Waals surface area contributed by atoms with Gasteiger partial charge in [0.2, 0.25) is 5.78 Å². The summed E-state index contributed by atoms with van der Waals surface area (Å²) in [4.78, 5) is 20.9. The van der Waals surface area contributed by atoms with Gasteiger partial charge in [-0.25, -0.2) is 4.79 Å². The summed E-state index contributed by atoms with van der Waals surface area (Å²) in [6.07, 6.45) is 2.60. The van der Waals surface area contributed by atoms with Crippen LogP contribution in [0.5, 0.6) is 0 Å². The number of ketones is 1. The molecule has 0 aliphatic heterocycles. The number of carbonyl (C=O) groups is 2. The average Bonchev–Trinajstić information content (AvgIpc) is 1.98. The van der Waals surface area contributed by atoms with Crippen molar-refractivity contribution in [3.63, 3.8) is 0 Å². The largest absolute Gasteiger partial charge is 0.475 e. The zero-order valence-electron chi connectivity index (χ0n) is 6.96. The zero-order chi connectivity index (χ0) is 8.85. The first-order valence-electron chi connectivity index (χ1n) is 3.86. The Hall–Kier alpha value is -0.860. The maximum Gasteiger partial charge on any atom is 0.372 e. The molecule has 0 heterocycles. The van der Waals surface area contributed by atoms with Gasteiger partial charge >= 0.3 is 5.97 Å². The molecule has 0 amide bonds. The van der Waals surface area contributed by atoms with Crippen LogP contribution in [0, 0.1) is 5.92 Å². The quantitative estimate of drug-likeness (QED) is 0.616. The minimum atomic E-state index is -1.31. The highest BCUT2D eigenvalue weighted by molar-refractivity contribution is 6.33. The molecule has 0 bridgehead atoms. The van der Waals surface area contributed by atoms with Gasteiger partial charge in [0.05, 0.1) is 0 Å². The normalized spacial score (nSPS) is 12.5. The summed E-state index contributed by atoms with van der Waals surface area (Å²) in [5.41, 5.74) is 0. The summed E-state index contributed by atoms with van der Waals surface area (Å²) in [5.74, 6) is -2.31. The highest BCUT2D eigenvalue weighted by Crippen LogP contribution is 2.08. The number of unbranched alkanes of at least 4 members (excludes halogenated alkanes) is 1. The lowest BCUT2D eigenvalue weighted by molar-refractivity contribution is -0.150. The Labute approximate surface area is 66.4 Å². The van der Waals surface area contributed by atoms with Crippen molar-refractivity contribution in [3.8, 4) is 0 Å². The third kappa shape index (κ3) is 3.75. The molecule has 1 N–H and O–H groups in total. The van der Waals surface area contributed by atoms with E-state index in [4.69, 9.17) is 5.11 Å². The van der Waals surface area contributed by atoms with Gasteiger partial charge in [-0.15, -0.1) is 0 Å². The van der Waals surface area contributed by atoms with Crippen molar-refractivity contribution in [3.05, 3.63) is 0 Å². The Morgan fingerprint density at radius 3 is 2.36 bits per heavy atom. The molecule has 0 fully saturated rings. The van der Waals surface area contributed by atoms with Crippen LogP contribution in [-0.4, -0.2) is 16.9 Å². The topological polar surface area (TPSA) is 54.4 Å². The molecule has 0 saturated carbocycles. The van der Waals surface area contributed by atoms with E-state index >= 15 is 0 Å². The van der Waals surface area contributed by atoms with Gasteiger partial charge in [-0.1, -0.05) is 26.7 Å². The minimum Gasteiger partial charge on any atom is -0.475 e.